The molecule has 0 spiro atoms. The van der Waals surface area contributed by atoms with Gasteiger partial charge in [0.05, 0.1) is 5.69 Å². The molecule has 0 aliphatic carbocycles. The Kier molecular flexibility index (Phi) is 1.55. The van der Waals surface area contributed by atoms with Crippen LogP contribution in [0.5, 0.6) is 0 Å². The zero-order valence-electron chi connectivity index (χ0n) is 7.07. The predicted molar refractivity (Wildman–Crippen MR) is 49.4 cm³/mol. The highest BCUT2D eigenvalue weighted by atomic mass is 16.4. The van der Waals surface area contributed by atoms with Gasteiger partial charge in [-0.25, -0.2) is 4.79 Å². The van der Waals surface area contributed by atoms with Crippen molar-refractivity contribution in [3.8, 4) is 0 Å². The molecular formula is C9H8N2O2. The highest BCUT2D eigenvalue weighted by molar-refractivity contribution is 5.81. The normalized spacial score (nSPS) is 10.5. The van der Waals surface area contributed by atoms with Gasteiger partial charge < -0.3 is 10.2 Å². The molecule has 0 bridgehead atoms. The van der Waals surface area contributed by atoms with Crippen LogP contribution < -0.4 is 11.5 Å². The Labute approximate surface area is 74.0 Å². The number of nitrogens with zero attached hydrogens (tertiary/aromatic N) is 1. The van der Waals surface area contributed by atoms with Crippen molar-refractivity contribution in [2.75, 3.05) is 5.73 Å². The molecule has 0 unspecified atom stereocenters. The van der Waals surface area contributed by atoms with Crippen molar-refractivity contribution in [3.63, 3.8) is 0 Å². The van der Waals surface area contributed by atoms with Crippen LogP contribution in [-0.4, -0.2) is 4.98 Å². The molecule has 1 aromatic heterocycles. The van der Waals surface area contributed by atoms with Crippen molar-refractivity contribution in [1.82, 2.24) is 4.98 Å². The van der Waals surface area contributed by atoms with Gasteiger partial charge in [-0.05, 0) is 25.1 Å². The maximum absolute atomic E-state index is 10.9. The van der Waals surface area contributed by atoms with Gasteiger partial charge in [0.1, 0.15) is 5.58 Å². The smallest absolute Gasteiger partial charge is 0.408 e. The summed E-state index contributed by atoms with van der Waals surface area (Å²) in [6, 6.07) is 5.09. The Morgan fingerprint density at radius 2 is 2.23 bits per heavy atom. The summed E-state index contributed by atoms with van der Waals surface area (Å²) in [5.41, 5.74) is 7.37. The maximum atomic E-state index is 10.9. The molecule has 0 radical (unpaired) electrons. The Balaban J connectivity index is 2.95. The number of rotatable bonds is 0. The lowest BCUT2D eigenvalue weighted by molar-refractivity contribution is 0.528. The van der Waals surface area contributed by atoms with Crippen LogP contribution in [0.4, 0.5) is 5.69 Å². The first-order valence-electron chi connectivity index (χ1n) is 3.84. The van der Waals surface area contributed by atoms with Gasteiger partial charge in [0, 0.05) is 11.1 Å². The van der Waals surface area contributed by atoms with Crippen LogP contribution in [0.1, 0.15) is 5.69 Å². The van der Waals surface area contributed by atoms with Crippen LogP contribution in [-0.2, 0) is 0 Å². The lowest BCUT2D eigenvalue weighted by Crippen LogP contribution is -2.05. The average Bonchev–Trinajstić information content (AvgIpc) is 2.06. The van der Waals surface area contributed by atoms with Crippen LogP contribution in [0.15, 0.2) is 27.4 Å². The largest absolute Gasteiger partial charge is 0.439 e. The molecule has 0 aliphatic heterocycles. The Morgan fingerprint density at radius 3 is 3.00 bits per heavy atom. The number of nitrogens with two attached hydrogens (primary N) is 1. The monoisotopic (exact) mass is 176 g/mol. The first-order valence-corrected chi connectivity index (χ1v) is 3.84. The number of fused-ring (bicyclic) bond motifs is 1. The third-order valence-corrected chi connectivity index (χ3v) is 1.85. The van der Waals surface area contributed by atoms with Crippen LogP contribution in [0.3, 0.4) is 0 Å². The van der Waals surface area contributed by atoms with Crippen LogP contribution in [0.25, 0.3) is 11.0 Å². The quantitative estimate of drug-likeness (QED) is 0.610. The van der Waals surface area contributed by atoms with Crippen LogP contribution >= 0.6 is 0 Å². The van der Waals surface area contributed by atoms with E-state index in [1.165, 1.54) is 0 Å². The number of hydrogen-bond donors (Lipinski definition) is 1. The topological polar surface area (TPSA) is 69.1 Å². The van der Waals surface area contributed by atoms with Crippen molar-refractivity contribution in [2.24, 2.45) is 0 Å². The van der Waals surface area contributed by atoms with E-state index in [-0.39, 0.29) is 0 Å². The second-order valence-electron chi connectivity index (χ2n) is 2.82. The van der Waals surface area contributed by atoms with E-state index in [4.69, 9.17) is 10.2 Å². The minimum absolute atomic E-state index is 0.520. The highest BCUT2D eigenvalue weighted by Gasteiger charge is 2.02. The molecule has 1 heterocycles. The zero-order valence-corrected chi connectivity index (χ0v) is 7.07. The molecule has 0 saturated heterocycles. The van der Waals surface area contributed by atoms with Crippen LogP contribution in [0, 0.1) is 6.92 Å². The van der Waals surface area contributed by atoms with E-state index in [1.807, 2.05) is 0 Å². The number of aryl methyl sites for hydroxylation is 1. The maximum Gasteiger partial charge on any atom is 0.439 e. The van der Waals surface area contributed by atoms with Crippen molar-refractivity contribution < 1.29 is 4.42 Å². The number of hydrogen-bond acceptors (Lipinski definition) is 4. The summed E-state index contributed by atoms with van der Waals surface area (Å²) in [6.07, 6.45) is 0. The third kappa shape index (κ3) is 1.26. The summed E-state index contributed by atoms with van der Waals surface area (Å²) >= 11 is 0. The van der Waals surface area contributed by atoms with Gasteiger partial charge in [0.2, 0.25) is 0 Å². The van der Waals surface area contributed by atoms with Gasteiger partial charge in [-0.1, -0.05) is 0 Å². The second-order valence-corrected chi connectivity index (χ2v) is 2.82. The van der Waals surface area contributed by atoms with Gasteiger partial charge >= 0.3 is 5.76 Å². The van der Waals surface area contributed by atoms with Gasteiger partial charge in [0.25, 0.3) is 0 Å². The molecule has 1 aromatic carbocycles. The fourth-order valence-electron chi connectivity index (χ4n) is 1.23. The van der Waals surface area contributed by atoms with Gasteiger partial charge in [-0.3, -0.25) is 0 Å². The summed E-state index contributed by atoms with van der Waals surface area (Å²) < 4.78 is 4.88. The van der Waals surface area contributed by atoms with E-state index >= 15 is 0 Å². The molecule has 0 atom stereocenters. The Morgan fingerprint density at radius 1 is 1.46 bits per heavy atom. The Bertz CT molecular complexity index is 516. The minimum Gasteiger partial charge on any atom is -0.408 e. The molecule has 0 fully saturated rings. The Hall–Kier alpha value is -1.84. The molecule has 0 aliphatic rings. The number of nitrogen functional groups attached to an aromatic ring is 1. The zero-order chi connectivity index (χ0) is 9.42. The fraction of sp³-hybridized carbons (Fsp3) is 0.111. The molecule has 2 aromatic rings. The SMILES string of the molecule is Cc1nc(=O)oc2ccc(N)cc12. The van der Waals surface area contributed by atoms with Gasteiger partial charge in [0.15, 0.2) is 0 Å². The molecule has 2 rings (SSSR count). The van der Waals surface area contributed by atoms with E-state index in [2.05, 4.69) is 4.98 Å². The highest BCUT2D eigenvalue weighted by Crippen LogP contribution is 2.17. The molecule has 66 valence electrons. The number of aromatic nitrogens is 1. The molecule has 0 saturated carbocycles. The standard InChI is InChI=1S/C9H8N2O2/c1-5-7-4-6(10)2-3-8(7)13-9(12)11-5/h2-4H,10H2,1H3. The van der Waals surface area contributed by atoms with E-state index in [9.17, 15) is 4.79 Å². The lowest BCUT2D eigenvalue weighted by Gasteiger charge is -1.99. The molecule has 13 heavy (non-hydrogen) atoms. The second kappa shape index (κ2) is 2.58. The minimum atomic E-state index is -0.574. The van der Waals surface area contributed by atoms with Crippen molar-refractivity contribution in [2.45, 2.75) is 6.92 Å². The predicted octanol–water partition coefficient (Wildman–Crippen LogP) is 1.08. The summed E-state index contributed by atoms with van der Waals surface area (Å²) in [5, 5.41) is 0.777. The molecule has 4 nitrogen and oxygen atoms in total. The van der Waals surface area contributed by atoms with E-state index in [1.54, 1.807) is 25.1 Å². The lowest BCUT2D eigenvalue weighted by atomic mass is 10.2. The summed E-state index contributed by atoms with van der Waals surface area (Å²) in [7, 11) is 0. The molecule has 4 heteroatoms. The van der Waals surface area contributed by atoms with Gasteiger partial charge in [-0.15, -0.1) is 0 Å². The van der Waals surface area contributed by atoms with Gasteiger partial charge in [-0.2, -0.15) is 4.98 Å². The summed E-state index contributed by atoms with van der Waals surface area (Å²) in [4.78, 5) is 14.5. The van der Waals surface area contributed by atoms with E-state index in [0.29, 0.717) is 17.0 Å². The molecule has 0 amide bonds. The first-order chi connectivity index (χ1) is 6.16. The summed E-state index contributed by atoms with van der Waals surface area (Å²) in [5.74, 6) is -0.574. The van der Waals surface area contributed by atoms with Crippen LogP contribution in [0.2, 0.25) is 0 Å². The first kappa shape index (κ1) is 7.79. The van der Waals surface area contributed by atoms with E-state index in [0.717, 1.165) is 5.39 Å². The fourth-order valence-corrected chi connectivity index (χ4v) is 1.23. The van der Waals surface area contributed by atoms with Crippen molar-refractivity contribution in [1.29, 1.82) is 0 Å². The third-order valence-electron chi connectivity index (χ3n) is 1.85. The molecular weight excluding hydrogens is 168 g/mol. The van der Waals surface area contributed by atoms with Crippen molar-refractivity contribution in [3.05, 3.63) is 34.4 Å². The average molecular weight is 176 g/mol. The number of benzene rings is 1. The molecule has 2 N–H and O–H groups in total. The van der Waals surface area contributed by atoms with E-state index < -0.39 is 5.76 Å². The summed E-state index contributed by atoms with van der Waals surface area (Å²) in [6.45, 7) is 1.75. The number of anilines is 1. The van der Waals surface area contributed by atoms with Crippen molar-refractivity contribution >= 4 is 16.7 Å².